The van der Waals surface area contributed by atoms with Crippen LogP contribution < -0.4 is 20.3 Å². The van der Waals surface area contributed by atoms with Gasteiger partial charge in [0.05, 0.1) is 6.61 Å². The third-order valence-corrected chi connectivity index (χ3v) is 4.84. The van der Waals surface area contributed by atoms with Crippen molar-refractivity contribution in [1.82, 2.24) is 4.90 Å². The van der Waals surface area contributed by atoms with Crippen LogP contribution in [0, 0.1) is 0 Å². The van der Waals surface area contributed by atoms with Crippen LogP contribution in [0.4, 0.5) is 26.7 Å². The van der Waals surface area contributed by atoms with E-state index in [0.29, 0.717) is 31.1 Å². The van der Waals surface area contributed by atoms with Crippen molar-refractivity contribution in [3.8, 4) is 5.75 Å². The Morgan fingerprint density at radius 1 is 0.875 bits per heavy atom. The van der Waals surface area contributed by atoms with Crippen LogP contribution in [0.2, 0.25) is 0 Å². The molecule has 0 aliphatic carbocycles. The Balaban J connectivity index is 1.48. The summed E-state index contributed by atoms with van der Waals surface area (Å²) in [5.41, 5.74) is 1.94. The molecule has 1 aliphatic heterocycles. The molecule has 1 heterocycles. The molecule has 0 unspecified atom stereocenters. The van der Waals surface area contributed by atoms with Crippen molar-refractivity contribution in [2.45, 2.75) is 33.3 Å². The Morgan fingerprint density at radius 3 is 1.91 bits per heavy atom. The second kappa shape index (κ2) is 10.3. The topological polar surface area (TPSA) is 83.1 Å². The minimum Gasteiger partial charge on any atom is -0.494 e. The highest BCUT2D eigenvalue weighted by molar-refractivity contribution is 5.99. The van der Waals surface area contributed by atoms with Gasteiger partial charge in [0.25, 0.3) is 0 Å². The summed E-state index contributed by atoms with van der Waals surface area (Å²) in [5, 5.41) is 5.64. The second-order valence-corrected chi connectivity index (χ2v) is 8.54. The molecule has 1 saturated heterocycles. The van der Waals surface area contributed by atoms with Gasteiger partial charge < -0.3 is 29.9 Å². The van der Waals surface area contributed by atoms with Crippen LogP contribution >= 0.6 is 0 Å². The zero-order valence-electron chi connectivity index (χ0n) is 19.2. The van der Waals surface area contributed by atoms with Crippen LogP contribution in [-0.2, 0) is 4.74 Å². The first-order chi connectivity index (χ1) is 15.2. The van der Waals surface area contributed by atoms with Crippen molar-refractivity contribution in [3.05, 3.63) is 48.5 Å². The first kappa shape index (κ1) is 23.2. The average molecular weight is 441 g/mol. The van der Waals surface area contributed by atoms with Crippen molar-refractivity contribution >= 4 is 29.2 Å². The maximum absolute atomic E-state index is 12.3. The van der Waals surface area contributed by atoms with Gasteiger partial charge in [-0.05, 0) is 76.2 Å². The van der Waals surface area contributed by atoms with Gasteiger partial charge in [-0.1, -0.05) is 0 Å². The minimum absolute atomic E-state index is 0.268. The van der Waals surface area contributed by atoms with Gasteiger partial charge in [-0.3, -0.25) is 0 Å². The van der Waals surface area contributed by atoms with Crippen LogP contribution in [0.3, 0.4) is 0 Å². The Kier molecular flexibility index (Phi) is 7.45. The van der Waals surface area contributed by atoms with E-state index in [1.54, 1.807) is 17.0 Å². The lowest BCUT2D eigenvalue weighted by molar-refractivity contribution is 0.0240. The lowest BCUT2D eigenvalue weighted by Gasteiger charge is -2.36. The zero-order chi connectivity index (χ0) is 23.1. The highest BCUT2D eigenvalue weighted by Gasteiger charge is 2.25. The van der Waals surface area contributed by atoms with E-state index in [1.165, 1.54) is 0 Å². The number of carbonyl (C=O) groups excluding carboxylic acids is 2. The minimum atomic E-state index is -0.490. The molecular weight excluding hydrogens is 408 g/mol. The predicted octanol–water partition coefficient (Wildman–Crippen LogP) is 4.79. The Bertz CT molecular complexity index is 899. The molecule has 0 spiro atoms. The predicted molar refractivity (Wildman–Crippen MR) is 127 cm³/mol. The summed E-state index contributed by atoms with van der Waals surface area (Å²) >= 11 is 0. The van der Waals surface area contributed by atoms with Gasteiger partial charge >= 0.3 is 12.1 Å². The maximum Gasteiger partial charge on any atom is 0.410 e. The fourth-order valence-electron chi connectivity index (χ4n) is 3.32. The van der Waals surface area contributed by atoms with Crippen molar-refractivity contribution in [1.29, 1.82) is 0 Å². The molecule has 8 nitrogen and oxygen atoms in total. The van der Waals surface area contributed by atoms with Crippen LogP contribution in [0.1, 0.15) is 27.7 Å². The van der Waals surface area contributed by atoms with E-state index in [0.717, 1.165) is 24.5 Å². The largest absolute Gasteiger partial charge is 0.494 e. The maximum atomic E-state index is 12.3. The molecule has 0 aromatic heterocycles. The van der Waals surface area contributed by atoms with Crippen molar-refractivity contribution in [3.63, 3.8) is 0 Å². The zero-order valence-corrected chi connectivity index (χ0v) is 19.2. The molecule has 8 heteroatoms. The van der Waals surface area contributed by atoms with Crippen LogP contribution in [0.5, 0.6) is 5.75 Å². The summed E-state index contributed by atoms with van der Waals surface area (Å²) in [6.07, 6.45) is -0.268. The number of hydrogen-bond acceptors (Lipinski definition) is 5. The van der Waals surface area contributed by atoms with Crippen LogP contribution in [-0.4, -0.2) is 55.4 Å². The Morgan fingerprint density at radius 2 is 1.41 bits per heavy atom. The molecule has 2 aromatic carbocycles. The summed E-state index contributed by atoms with van der Waals surface area (Å²) < 4.78 is 10.8. The third kappa shape index (κ3) is 6.80. The van der Waals surface area contributed by atoms with Gasteiger partial charge in [-0.2, -0.15) is 0 Å². The van der Waals surface area contributed by atoms with Crippen LogP contribution in [0.15, 0.2) is 48.5 Å². The molecule has 2 aromatic rings. The number of rotatable bonds is 5. The molecule has 32 heavy (non-hydrogen) atoms. The molecule has 3 amide bonds. The number of benzene rings is 2. The van der Waals surface area contributed by atoms with E-state index in [2.05, 4.69) is 15.5 Å². The molecule has 1 fully saturated rings. The SMILES string of the molecule is CCOc1ccc(NC(=O)Nc2ccc(N3CCN(C(=O)OC(C)(C)C)CC3)cc2)cc1. The van der Waals surface area contributed by atoms with E-state index in [-0.39, 0.29) is 12.1 Å². The van der Waals surface area contributed by atoms with Gasteiger partial charge in [-0.25, -0.2) is 9.59 Å². The van der Waals surface area contributed by atoms with Gasteiger partial charge in [0, 0.05) is 43.2 Å². The first-order valence-corrected chi connectivity index (χ1v) is 10.9. The number of amides is 3. The smallest absolute Gasteiger partial charge is 0.410 e. The van der Waals surface area contributed by atoms with Gasteiger partial charge in [0.15, 0.2) is 0 Å². The number of piperazine rings is 1. The van der Waals surface area contributed by atoms with E-state index >= 15 is 0 Å². The molecule has 2 N–H and O–H groups in total. The number of carbonyl (C=O) groups is 2. The summed E-state index contributed by atoms with van der Waals surface area (Å²) in [6.45, 7) is 10.8. The number of urea groups is 1. The monoisotopic (exact) mass is 440 g/mol. The molecule has 3 rings (SSSR count). The van der Waals surface area contributed by atoms with Crippen LogP contribution in [0.25, 0.3) is 0 Å². The third-order valence-electron chi connectivity index (χ3n) is 4.84. The molecule has 0 radical (unpaired) electrons. The van der Waals surface area contributed by atoms with Crippen molar-refractivity contribution in [2.75, 3.05) is 48.3 Å². The van der Waals surface area contributed by atoms with Crippen molar-refractivity contribution < 1.29 is 19.1 Å². The molecular formula is C24H32N4O4. The lowest BCUT2D eigenvalue weighted by Crippen LogP contribution is -2.50. The standard InChI is InChI=1S/C24H32N4O4/c1-5-31-21-12-8-19(9-13-21)26-22(29)25-18-6-10-20(11-7-18)27-14-16-28(17-15-27)23(30)32-24(2,3)4/h6-13H,5,14-17H2,1-4H3,(H2,25,26,29). The molecule has 1 aliphatic rings. The highest BCUT2D eigenvalue weighted by atomic mass is 16.6. The number of hydrogen-bond donors (Lipinski definition) is 2. The molecule has 0 bridgehead atoms. The van der Waals surface area contributed by atoms with Crippen molar-refractivity contribution in [2.24, 2.45) is 0 Å². The van der Waals surface area contributed by atoms with E-state index in [1.807, 2.05) is 64.1 Å². The summed E-state index contributed by atoms with van der Waals surface area (Å²) in [7, 11) is 0. The fraction of sp³-hybridized carbons (Fsp3) is 0.417. The van der Waals surface area contributed by atoms with Gasteiger partial charge in [-0.15, -0.1) is 0 Å². The normalized spacial score (nSPS) is 14.0. The van der Waals surface area contributed by atoms with Gasteiger partial charge in [0.2, 0.25) is 0 Å². The Hall–Kier alpha value is -3.42. The summed E-state index contributed by atoms with van der Waals surface area (Å²) in [6, 6.07) is 14.6. The van der Waals surface area contributed by atoms with E-state index < -0.39 is 5.60 Å². The number of anilines is 3. The average Bonchev–Trinajstić information content (AvgIpc) is 2.75. The molecule has 0 atom stereocenters. The van der Waals surface area contributed by atoms with E-state index in [9.17, 15) is 9.59 Å². The van der Waals surface area contributed by atoms with E-state index in [4.69, 9.17) is 9.47 Å². The quantitative estimate of drug-likeness (QED) is 0.699. The number of nitrogens with one attached hydrogen (secondary N) is 2. The Labute approximate surface area is 189 Å². The fourth-order valence-corrected chi connectivity index (χ4v) is 3.32. The van der Waals surface area contributed by atoms with Gasteiger partial charge in [0.1, 0.15) is 11.4 Å². The lowest BCUT2D eigenvalue weighted by atomic mass is 10.2. The molecule has 0 saturated carbocycles. The first-order valence-electron chi connectivity index (χ1n) is 10.9. The summed E-state index contributed by atoms with van der Waals surface area (Å²) in [4.78, 5) is 28.4. The number of ether oxygens (including phenoxy) is 2. The second-order valence-electron chi connectivity index (χ2n) is 8.54. The summed E-state index contributed by atoms with van der Waals surface area (Å²) in [5.74, 6) is 0.765. The number of nitrogens with zero attached hydrogens (tertiary/aromatic N) is 2. The highest BCUT2D eigenvalue weighted by Crippen LogP contribution is 2.21. The molecule has 172 valence electrons.